The lowest BCUT2D eigenvalue weighted by Gasteiger charge is -2.45. The number of aromatic nitrogens is 2. The van der Waals surface area contributed by atoms with Crippen LogP contribution in [0.4, 0.5) is 10.5 Å². The fraction of sp³-hybridized carbons (Fsp3) is 0.463. The van der Waals surface area contributed by atoms with Gasteiger partial charge in [-0.05, 0) is 98.9 Å². The number of nitrogens with one attached hydrogen (secondary N) is 1. The average molecular weight is 806 g/mol. The zero-order chi connectivity index (χ0) is 39.8. The number of aryl methyl sites for hydroxylation is 1. The summed E-state index contributed by atoms with van der Waals surface area (Å²) in [6.07, 6.45) is 10.8. The second kappa shape index (κ2) is 16.0. The summed E-state index contributed by atoms with van der Waals surface area (Å²) in [5.41, 5.74) is 2.64. The number of benzene rings is 2. The van der Waals surface area contributed by atoms with Crippen LogP contribution in [0.2, 0.25) is 5.02 Å². The molecular weight excluding hydrogens is 758 g/mol. The molecule has 0 radical (unpaired) electrons. The minimum atomic E-state index is -3.70. The predicted molar refractivity (Wildman–Crippen MR) is 213 cm³/mol. The molecule has 3 heterocycles. The molecule has 2 bridgehead atoms. The van der Waals surface area contributed by atoms with E-state index >= 15 is 0 Å². The van der Waals surface area contributed by atoms with Crippen molar-refractivity contribution in [1.29, 1.82) is 0 Å². The molecule has 2 aliphatic heterocycles. The highest BCUT2D eigenvalue weighted by molar-refractivity contribution is 7.92. The third-order valence-corrected chi connectivity index (χ3v) is 13.1. The fourth-order valence-corrected chi connectivity index (χ4v) is 10.2. The first kappa shape index (κ1) is 39.4. The number of halogens is 1. The van der Waals surface area contributed by atoms with Crippen LogP contribution in [-0.4, -0.2) is 76.7 Å². The van der Waals surface area contributed by atoms with Crippen LogP contribution in [0, 0.1) is 17.8 Å². The van der Waals surface area contributed by atoms with Crippen LogP contribution in [-0.2, 0) is 38.3 Å². The third kappa shape index (κ3) is 8.31. The van der Waals surface area contributed by atoms with Crippen molar-refractivity contribution in [3.63, 3.8) is 0 Å². The minimum absolute atomic E-state index is 0.0106. The maximum atomic E-state index is 14.7. The van der Waals surface area contributed by atoms with Crippen molar-refractivity contribution in [3.8, 4) is 11.6 Å². The van der Waals surface area contributed by atoms with Gasteiger partial charge in [-0.25, -0.2) is 9.00 Å². The van der Waals surface area contributed by atoms with E-state index in [9.17, 15) is 18.6 Å². The summed E-state index contributed by atoms with van der Waals surface area (Å²) in [6, 6.07) is 11.1. The van der Waals surface area contributed by atoms with Crippen LogP contribution >= 0.6 is 11.6 Å². The number of fused-ring (bicyclic) bond motifs is 4. The van der Waals surface area contributed by atoms with Gasteiger partial charge in [0.15, 0.2) is 0 Å². The lowest BCUT2D eigenvalue weighted by Crippen LogP contribution is -2.49. The largest absolute Gasteiger partial charge is 0.509 e. The quantitative estimate of drug-likeness (QED) is 0.215. The molecule has 4 aliphatic rings. The van der Waals surface area contributed by atoms with Gasteiger partial charge >= 0.3 is 6.16 Å². The Balaban J connectivity index is 1.31. The molecule has 298 valence electrons. The first-order valence-electron chi connectivity index (χ1n) is 19.0. The molecule has 13 nitrogen and oxygen atoms in total. The van der Waals surface area contributed by atoms with Gasteiger partial charge in [0.05, 0.1) is 30.1 Å². The maximum absolute atomic E-state index is 14.7. The van der Waals surface area contributed by atoms with E-state index in [-0.39, 0.29) is 46.6 Å². The van der Waals surface area contributed by atoms with Gasteiger partial charge in [-0.15, -0.1) is 9.46 Å². The number of carbonyl (C=O) groups is 3. The molecule has 0 saturated heterocycles. The zero-order valence-corrected chi connectivity index (χ0v) is 33.8. The molecule has 1 saturated carbocycles. The molecule has 1 spiro atoms. The van der Waals surface area contributed by atoms with Gasteiger partial charge in [0.1, 0.15) is 33.9 Å². The standard InChI is InChI=1S/C41H48ClN5O8S/c1-25(2)54-40(50)55-35-10-6-8-26(3)22-56(51,45-38(49)32-21-46(4)43-39(32)52-5)44-37(48)28-12-16-36-34(19-28)47(20-29-11-14-31(29)35)23-41(24-53-36)17-7-9-27-18-30(42)13-15-33(27)41/h6-7,10,12-13,15-19,21,25-26,29,31,35H,8-9,11,14,20,22-24H2,1-5H3,(H,44,45,48,49,51)/b10-6+/t26-,29-,31+,35-,41-,56-/m0/s1. The van der Waals surface area contributed by atoms with E-state index in [0.29, 0.717) is 42.6 Å². The third-order valence-electron chi connectivity index (χ3n) is 10.9. The van der Waals surface area contributed by atoms with Crippen molar-refractivity contribution < 1.29 is 37.5 Å². The highest BCUT2D eigenvalue weighted by Crippen LogP contribution is 2.46. The molecule has 15 heteroatoms. The molecule has 56 heavy (non-hydrogen) atoms. The Kier molecular flexibility index (Phi) is 11.2. The lowest BCUT2D eigenvalue weighted by atomic mass is 9.69. The van der Waals surface area contributed by atoms with Crippen molar-refractivity contribution in [2.45, 2.75) is 64.1 Å². The molecule has 6 atom stereocenters. The average Bonchev–Trinajstić information content (AvgIpc) is 3.44. The Bertz CT molecular complexity index is 2210. The van der Waals surface area contributed by atoms with Crippen LogP contribution in [0.1, 0.15) is 71.9 Å². The summed E-state index contributed by atoms with van der Waals surface area (Å²) in [5, 5.41) is 4.80. The zero-order valence-electron chi connectivity index (χ0n) is 32.2. The Hall–Kier alpha value is -4.82. The van der Waals surface area contributed by atoms with Crippen molar-refractivity contribution in [1.82, 2.24) is 14.5 Å². The number of ether oxygens (including phenoxy) is 4. The number of hydrogen-bond acceptors (Lipinski definition) is 10. The normalized spacial score (nSPS) is 27.8. The smallest absolute Gasteiger partial charge is 0.490 e. The summed E-state index contributed by atoms with van der Waals surface area (Å²) >= 11 is 6.45. The summed E-state index contributed by atoms with van der Waals surface area (Å²) in [7, 11) is -0.694. The Morgan fingerprint density at radius 3 is 2.71 bits per heavy atom. The summed E-state index contributed by atoms with van der Waals surface area (Å²) in [6.45, 7) is 6.86. The highest BCUT2D eigenvalue weighted by atomic mass is 35.5. The first-order valence-corrected chi connectivity index (χ1v) is 21.0. The van der Waals surface area contributed by atoms with Gasteiger partial charge in [0, 0.05) is 42.8 Å². The molecule has 1 aromatic heterocycles. The Labute approximate surface area is 332 Å². The summed E-state index contributed by atoms with van der Waals surface area (Å²) in [5.74, 6) is -1.17. The molecule has 1 fully saturated rings. The van der Waals surface area contributed by atoms with Crippen molar-refractivity contribution in [3.05, 3.63) is 94.2 Å². The van der Waals surface area contributed by atoms with Gasteiger partial charge in [-0.2, -0.15) is 0 Å². The van der Waals surface area contributed by atoms with E-state index in [2.05, 4.69) is 37.3 Å². The van der Waals surface area contributed by atoms with Crippen LogP contribution in [0.25, 0.3) is 0 Å². The number of amides is 2. The van der Waals surface area contributed by atoms with Crippen LogP contribution < -0.4 is 19.1 Å². The van der Waals surface area contributed by atoms with Crippen LogP contribution in [0.15, 0.2) is 71.3 Å². The van der Waals surface area contributed by atoms with E-state index in [1.54, 1.807) is 39.1 Å². The number of nitrogens with zero attached hydrogens (tertiary/aromatic N) is 4. The summed E-state index contributed by atoms with van der Waals surface area (Å²) < 4.78 is 46.2. The van der Waals surface area contributed by atoms with Crippen molar-refractivity contribution in [2.75, 3.05) is 37.5 Å². The monoisotopic (exact) mass is 805 g/mol. The molecule has 2 aliphatic carbocycles. The predicted octanol–water partition coefficient (Wildman–Crippen LogP) is 6.84. The van der Waals surface area contributed by atoms with Gasteiger partial charge in [-0.1, -0.05) is 42.8 Å². The second-order valence-electron chi connectivity index (χ2n) is 15.5. The van der Waals surface area contributed by atoms with Crippen molar-refractivity contribution >= 4 is 45.2 Å². The van der Waals surface area contributed by atoms with Gasteiger partial charge < -0.3 is 23.8 Å². The maximum Gasteiger partial charge on any atom is 0.509 e. The van der Waals surface area contributed by atoms with E-state index < -0.39 is 39.4 Å². The fourth-order valence-electron chi connectivity index (χ4n) is 8.14. The Morgan fingerprint density at radius 2 is 1.96 bits per heavy atom. The van der Waals surface area contributed by atoms with E-state index in [1.165, 1.54) is 18.0 Å². The van der Waals surface area contributed by atoms with Crippen molar-refractivity contribution in [2.24, 2.45) is 29.2 Å². The van der Waals surface area contributed by atoms with Gasteiger partial charge in [0.25, 0.3) is 11.8 Å². The lowest BCUT2D eigenvalue weighted by molar-refractivity contribution is -0.0241. The number of allylic oxidation sites excluding steroid dienone is 2. The topological polar surface area (TPSA) is 151 Å². The molecule has 3 aromatic rings. The Morgan fingerprint density at radius 1 is 1.14 bits per heavy atom. The molecule has 7 rings (SSSR count). The first-order chi connectivity index (χ1) is 26.7. The molecule has 1 N–H and O–H groups in total. The van der Waals surface area contributed by atoms with Crippen LogP contribution in [0.3, 0.4) is 0 Å². The van der Waals surface area contributed by atoms with E-state index in [4.69, 9.17) is 30.5 Å². The summed E-state index contributed by atoms with van der Waals surface area (Å²) in [4.78, 5) is 42.8. The van der Waals surface area contributed by atoms with Gasteiger partial charge in [0.2, 0.25) is 5.88 Å². The SMILES string of the molecule is COc1nn(C)cc1C(=O)N[S@@]1(=O)=NC(=O)c2ccc3c(c2)N(C[C@@H]2CC[C@H]2[C@@H](OC(=O)OC(C)C)/C=C/C[C@H](C)C1)C[C@@]1(C=CCc2cc(Cl)ccc21)CO3. The van der Waals surface area contributed by atoms with Crippen LogP contribution in [0.5, 0.6) is 11.6 Å². The number of rotatable bonds is 5. The minimum Gasteiger partial charge on any atom is -0.490 e. The molecule has 2 amide bonds. The number of anilines is 1. The number of hydrogen-bond donors (Lipinski definition) is 1. The van der Waals surface area contributed by atoms with Gasteiger partial charge in [-0.3, -0.25) is 19.0 Å². The molecule has 2 aromatic carbocycles. The van der Waals surface area contributed by atoms with E-state index in [1.807, 2.05) is 31.2 Å². The number of methoxy groups -OCH3 is 1. The molecular formula is C41H48ClN5O8S. The molecule has 0 unspecified atom stereocenters. The number of carbonyl (C=O) groups excluding carboxylic acids is 3. The van der Waals surface area contributed by atoms with E-state index in [0.717, 1.165) is 30.4 Å². The highest BCUT2D eigenvalue weighted by Gasteiger charge is 2.44. The second-order valence-corrected chi connectivity index (χ2v) is 18.0.